The van der Waals surface area contributed by atoms with Gasteiger partial charge in [-0.2, -0.15) is 0 Å². The van der Waals surface area contributed by atoms with Crippen LogP contribution in [0.1, 0.15) is 22.5 Å². The summed E-state index contributed by atoms with van der Waals surface area (Å²) >= 11 is 0. The highest BCUT2D eigenvalue weighted by atomic mass is 16.2. The highest BCUT2D eigenvalue weighted by Crippen LogP contribution is 2.37. The van der Waals surface area contributed by atoms with Gasteiger partial charge in [-0.25, -0.2) is 9.59 Å². The topological polar surface area (TPSA) is 97.9 Å². The fourth-order valence-electron chi connectivity index (χ4n) is 6.19. The second-order valence-electron chi connectivity index (χ2n) is 10.4. The molecule has 204 valence electrons. The number of fused-ring (bicyclic) bond motifs is 6. The third-order valence-corrected chi connectivity index (χ3v) is 8.17. The van der Waals surface area contributed by atoms with Crippen LogP contribution in [0.3, 0.4) is 0 Å². The molecule has 1 aliphatic rings. The van der Waals surface area contributed by atoms with Crippen LogP contribution < -0.4 is 22.5 Å². The Kier molecular flexibility index (Phi) is 5.14. The monoisotopic (exact) mass is 546 g/mol. The van der Waals surface area contributed by atoms with Gasteiger partial charge in [-0.05, 0) is 35.9 Å². The Morgan fingerprint density at radius 1 is 0.561 bits per heavy atom. The quantitative estimate of drug-likeness (QED) is 0.333. The molecule has 0 amide bonds. The normalized spacial score (nSPS) is 12.6. The van der Waals surface area contributed by atoms with Gasteiger partial charge in [0.1, 0.15) is 11.3 Å². The first-order valence-electron chi connectivity index (χ1n) is 13.2. The minimum Gasteiger partial charge on any atom is -0.298 e. The standard InChI is InChI=1S/C31H26N6O4/c1-32-26-24(28(38)34(3)30(32)40)20-15-16-22-21(17-23(20)37(26)19-13-9-6-10-14-19)25-27(33(2)31(41)35(4)29(25)39)36(22)18-11-7-5-8-12-18/h5-16H,17H2,1-4H3. The molecule has 1 aliphatic carbocycles. The van der Waals surface area contributed by atoms with Crippen molar-refractivity contribution in [3.8, 4) is 11.4 Å². The van der Waals surface area contributed by atoms with Crippen LogP contribution in [-0.4, -0.2) is 27.4 Å². The number of hydrogen-bond donors (Lipinski definition) is 0. The predicted molar refractivity (Wildman–Crippen MR) is 159 cm³/mol. The van der Waals surface area contributed by atoms with E-state index in [2.05, 4.69) is 0 Å². The van der Waals surface area contributed by atoms with Crippen molar-refractivity contribution in [2.24, 2.45) is 28.2 Å². The van der Waals surface area contributed by atoms with Gasteiger partial charge in [0.25, 0.3) is 11.1 Å². The molecule has 6 aromatic rings. The van der Waals surface area contributed by atoms with E-state index in [4.69, 9.17) is 0 Å². The van der Waals surface area contributed by atoms with Crippen LogP contribution in [0.25, 0.3) is 45.6 Å². The van der Waals surface area contributed by atoms with E-state index >= 15 is 0 Å². The molecule has 0 spiro atoms. The van der Waals surface area contributed by atoms with Crippen LogP contribution in [0.2, 0.25) is 0 Å². The van der Waals surface area contributed by atoms with Gasteiger partial charge in [0.05, 0.1) is 16.5 Å². The van der Waals surface area contributed by atoms with E-state index in [0.29, 0.717) is 27.6 Å². The largest absolute Gasteiger partial charge is 0.332 e. The minimum atomic E-state index is -0.429. The van der Waals surface area contributed by atoms with Crippen LogP contribution in [0.5, 0.6) is 0 Å². The van der Waals surface area contributed by atoms with Crippen molar-refractivity contribution < 1.29 is 0 Å². The van der Waals surface area contributed by atoms with Gasteiger partial charge in [-0.1, -0.05) is 42.5 Å². The van der Waals surface area contributed by atoms with Crippen molar-refractivity contribution in [2.45, 2.75) is 6.42 Å². The Balaban J connectivity index is 1.69. The first kappa shape index (κ1) is 24.6. The Labute approximate surface area is 232 Å². The van der Waals surface area contributed by atoms with Gasteiger partial charge in [0, 0.05) is 57.2 Å². The summed E-state index contributed by atoms with van der Waals surface area (Å²) in [7, 11) is 6.28. The van der Waals surface area contributed by atoms with Gasteiger partial charge >= 0.3 is 11.4 Å². The predicted octanol–water partition coefficient (Wildman–Crippen LogP) is 2.44. The molecule has 0 fully saturated rings. The summed E-state index contributed by atoms with van der Waals surface area (Å²) < 4.78 is 9.10. The van der Waals surface area contributed by atoms with Crippen molar-refractivity contribution in [1.29, 1.82) is 0 Å². The third-order valence-electron chi connectivity index (χ3n) is 8.17. The molecule has 10 heteroatoms. The van der Waals surface area contributed by atoms with E-state index < -0.39 is 16.9 Å². The van der Waals surface area contributed by atoms with Crippen molar-refractivity contribution in [3.05, 3.63) is 125 Å². The summed E-state index contributed by atoms with van der Waals surface area (Å²) in [6.07, 6.45) is 4.06. The zero-order valence-electron chi connectivity index (χ0n) is 23.0. The number of aromatic nitrogens is 6. The second-order valence-corrected chi connectivity index (χ2v) is 10.4. The lowest BCUT2D eigenvalue weighted by Crippen LogP contribution is -2.37. The SMILES string of the molecule is Cn1c(=O)c2c3c(n(-c4ccccc4)c2n(C)c1=O)C=Cc1c(n(-c2ccccc2)c2c1c(=O)n(C)c(=O)n2C)C3. The third kappa shape index (κ3) is 3.18. The van der Waals surface area contributed by atoms with Gasteiger partial charge in [0.15, 0.2) is 0 Å². The summed E-state index contributed by atoms with van der Waals surface area (Å²) in [5.41, 5.74) is 3.85. The molecule has 0 bridgehead atoms. The number of aryl methyl sites for hydroxylation is 2. The molecule has 0 unspecified atom stereocenters. The van der Waals surface area contributed by atoms with E-state index in [-0.39, 0.29) is 12.0 Å². The van der Waals surface area contributed by atoms with Crippen molar-refractivity contribution in [3.63, 3.8) is 0 Å². The van der Waals surface area contributed by atoms with E-state index in [1.165, 1.54) is 23.2 Å². The van der Waals surface area contributed by atoms with Crippen molar-refractivity contribution >= 4 is 34.2 Å². The molecule has 0 saturated carbocycles. The van der Waals surface area contributed by atoms with E-state index in [0.717, 1.165) is 37.5 Å². The summed E-state index contributed by atoms with van der Waals surface area (Å²) in [6.45, 7) is 0. The summed E-state index contributed by atoms with van der Waals surface area (Å²) in [6, 6.07) is 19.1. The van der Waals surface area contributed by atoms with Crippen LogP contribution in [0.15, 0.2) is 79.8 Å². The van der Waals surface area contributed by atoms with Gasteiger partial charge < -0.3 is 0 Å². The van der Waals surface area contributed by atoms with Crippen LogP contribution >= 0.6 is 0 Å². The maximum atomic E-state index is 13.8. The number of benzene rings is 2. The zero-order chi connectivity index (χ0) is 28.7. The second kappa shape index (κ2) is 8.56. The summed E-state index contributed by atoms with van der Waals surface area (Å²) in [5.74, 6) is 0. The molecule has 7 rings (SSSR count). The Morgan fingerprint density at radius 3 is 1.61 bits per heavy atom. The Hall–Kier alpha value is -5.38. The number of para-hydroxylation sites is 2. The fraction of sp³-hybridized carbons (Fsp3) is 0.161. The minimum absolute atomic E-state index is 0.280. The molecule has 10 nitrogen and oxygen atoms in total. The molecule has 41 heavy (non-hydrogen) atoms. The maximum absolute atomic E-state index is 13.8. The fourth-order valence-corrected chi connectivity index (χ4v) is 6.19. The number of hydrogen-bond acceptors (Lipinski definition) is 4. The lowest BCUT2D eigenvalue weighted by atomic mass is 10.1. The average molecular weight is 547 g/mol. The Morgan fingerprint density at radius 2 is 1.05 bits per heavy atom. The molecule has 0 N–H and O–H groups in total. The van der Waals surface area contributed by atoms with E-state index in [1.807, 2.05) is 81.9 Å². The summed E-state index contributed by atoms with van der Waals surface area (Å²) in [4.78, 5) is 53.6. The van der Waals surface area contributed by atoms with Gasteiger partial charge in [-0.3, -0.25) is 37.0 Å². The molecular formula is C31H26N6O4. The van der Waals surface area contributed by atoms with Crippen LogP contribution in [-0.2, 0) is 34.6 Å². The van der Waals surface area contributed by atoms with Gasteiger partial charge in [-0.15, -0.1) is 0 Å². The van der Waals surface area contributed by atoms with Crippen molar-refractivity contribution in [1.82, 2.24) is 27.4 Å². The van der Waals surface area contributed by atoms with Crippen molar-refractivity contribution in [2.75, 3.05) is 0 Å². The number of nitrogens with zero attached hydrogens (tertiary/aromatic N) is 6. The van der Waals surface area contributed by atoms with Crippen LogP contribution in [0, 0.1) is 0 Å². The zero-order valence-corrected chi connectivity index (χ0v) is 23.0. The molecule has 2 aromatic carbocycles. The molecule has 4 heterocycles. The lowest BCUT2D eigenvalue weighted by molar-refractivity contribution is 0.703. The summed E-state index contributed by atoms with van der Waals surface area (Å²) in [5, 5.41) is 0.850. The van der Waals surface area contributed by atoms with Crippen LogP contribution in [0.4, 0.5) is 0 Å². The lowest BCUT2D eigenvalue weighted by Gasteiger charge is -2.13. The first-order valence-corrected chi connectivity index (χ1v) is 13.2. The average Bonchev–Trinajstić information content (AvgIpc) is 3.42. The molecule has 0 saturated heterocycles. The Bertz CT molecular complexity index is 2340. The van der Waals surface area contributed by atoms with E-state index in [9.17, 15) is 19.2 Å². The van der Waals surface area contributed by atoms with Gasteiger partial charge in [0.2, 0.25) is 0 Å². The molecular weight excluding hydrogens is 520 g/mol. The first-order chi connectivity index (χ1) is 19.7. The van der Waals surface area contributed by atoms with E-state index in [1.54, 1.807) is 14.1 Å². The molecule has 4 aromatic heterocycles. The molecule has 0 radical (unpaired) electrons. The maximum Gasteiger partial charge on any atom is 0.332 e. The smallest absolute Gasteiger partial charge is 0.298 e. The highest BCUT2D eigenvalue weighted by Gasteiger charge is 2.30. The molecule has 0 aliphatic heterocycles. The highest BCUT2D eigenvalue weighted by molar-refractivity contribution is 5.97. The molecule has 0 atom stereocenters. The number of rotatable bonds is 2.